The highest BCUT2D eigenvalue weighted by atomic mass is 79.9. The van der Waals surface area contributed by atoms with Gasteiger partial charge in [-0.05, 0) is 29.8 Å². The molecule has 0 bridgehead atoms. The van der Waals surface area contributed by atoms with Crippen molar-refractivity contribution in [2.45, 2.75) is 18.9 Å². The lowest BCUT2D eigenvalue weighted by Gasteiger charge is -2.15. The topological polar surface area (TPSA) is 66.4 Å². The van der Waals surface area contributed by atoms with Gasteiger partial charge in [0.05, 0.1) is 6.42 Å². The normalized spacial score (nSPS) is 11.8. The van der Waals surface area contributed by atoms with Gasteiger partial charge in [-0.1, -0.05) is 34.1 Å². The van der Waals surface area contributed by atoms with Crippen molar-refractivity contribution in [1.29, 1.82) is 0 Å². The van der Waals surface area contributed by atoms with Crippen molar-refractivity contribution < 1.29 is 23.5 Å². The molecule has 0 saturated heterocycles. The van der Waals surface area contributed by atoms with Crippen LogP contribution in [0.5, 0.6) is 0 Å². The number of nitrogens with one attached hydrogen (secondary N) is 1. The van der Waals surface area contributed by atoms with Crippen LogP contribution in [0.2, 0.25) is 0 Å². The molecule has 0 aliphatic carbocycles. The van der Waals surface area contributed by atoms with Crippen LogP contribution in [-0.4, -0.2) is 23.0 Å². The number of benzene rings is 2. The lowest BCUT2D eigenvalue weighted by molar-refractivity contribution is -0.141. The fourth-order valence-corrected chi connectivity index (χ4v) is 2.43. The Balaban J connectivity index is 2.06. The minimum Gasteiger partial charge on any atom is -0.480 e. The summed E-state index contributed by atoms with van der Waals surface area (Å²) < 4.78 is 27.9. The summed E-state index contributed by atoms with van der Waals surface area (Å²) in [7, 11) is 0. The number of hydrogen-bond acceptors (Lipinski definition) is 2. The quantitative estimate of drug-likeness (QED) is 0.786. The fraction of sp³-hybridized carbons (Fsp3) is 0.176. The molecule has 0 aliphatic rings. The second-order valence-corrected chi connectivity index (χ2v) is 6.08. The number of rotatable bonds is 6. The molecule has 7 heteroatoms. The van der Waals surface area contributed by atoms with E-state index in [-0.39, 0.29) is 12.0 Å². The van der Waals surface area contributed by atoms with Crippen LogP contribution in [-0.2, 0) is 22.4 Å². The van der Waals surface area contributed by atoms with Crippen molar-refractivity contribution in [1.82, 2.24) is 5.32 Å². The van der Waals surface area contributed by atoms with E-state index in [0.717, 1.165) is 16.6 Å². The first-order chi connectivity index (χ1) is 11.4. The van der Waals surface area contributed by atoms with Crippen LogP contribution in [0.3, 0.4) is 0 Å². The zero-order chi connectivity index (χ0) is 17.7. The van der Waals surface area contributed by atoms with Crippen molar-refractivity contribution in [2.24, 2.45) is 0 Å². The maximum atomic E-state index is 13.6. The van der Waals surface area contributed by atoms with Gasteiger partial charge in [0.25, 0.3) is 0 Å². The van der Waals surface area contributed by atoms with Crippen molar-refractivity contribution in [3.63, 3.8) is 0 Å². The SMILES string of the molecule is O=C(Cc1c(F)cccc1F)N[C@H](Cc1ccc(Br)cc1)C(=O)O. The molecule has 0 aliphatic heterocycles. The number of carbonyl (C=O) groups excluding carboxylic acids is 1. The van der Waals surface area contributed by atoms with Crippen LogP contribution >= 0.6 is 15.9 Å². The molecule has 0 radical (unpaired) electrons. The van der Waals surface area contributed by atoms with Crippen LogP contribution < -0.4 is 5.32 Å². The summed E-state index contributed by atoms with van der Waals surface area (Å²) >= 11 is 3.27. The smallest absolute Gasteiger partial charge is 0.326 e. The molecule has 0 heterocycles. The molecule has 126 valence electrons. The largest absolute Gasteiger partial charge is 0.480 e. The Kier molecular flexibility index (Phi) is 6.03. The van der Waals surface area contributed by atoms with Crippen LogP contribution in [0.4, 0.5) is 8.78 Å². The number of carbonyl (C=O) groups is 2. The van der Waals surface area contributed by atoms with Gasteiger partial charge in [0, 0.05) is 16.5 Å². The average molecular weight is 398 g/mol. The molecule has 0 spiro atoms. The maximum Gasteiger partial charge on any atom is 0.326 e. The minimum atomic E-state index is -1.22. The second kappa shape index (κ2) is 8.01. The minimum absolute atomic E-state index is 0.0636. The Hall–Kier alpha value is -2.28. The Morgan fingerprint density at radius 1 is 1.08 bits per heavy atom. The molecule has 1 atom stereocenters. The van der Waals surface area contributed by atoms with Crippen LogP contribution in [0.15, 0.2) is 46.9 Å². The monoisotopic (exact) mass is 397 g/mol. The predicted molar refractivity (Wildman–Crippen MR) is 87.5 cm³/mol. The van der Waals surface area contributed by atoms with E-state index >= 15 is 0 Å². The van der Waals surface area contributed by atoms with Gasteiger partial charge in [-0.2, -0.15) is 0 Å². The summed E-state index contributed by atoms with van der Waals surface area (Å²) in [6.07, 6.45) is -0.503. The Bertz CT molecular complexity index is 730. The average Bonchev–Trinajstić information content (AvgIpc) is 2.52. The zero-order valence-electron chi connectivity index (χ0n) is 12.4. The van der Waals surface area contributed by atoms with Crippen LogP contribution in [0.1, 0.15) is 11.1 Å². The first kappa shape index (κ1) is 18.1. The summed E-state index contributed by atoms with van der Waals surface area (Å²) in [5, 5.41) is 11.5. The molecule has 0 fully saturated rings. The van der Waals surface area contributed by atoms with Crippen molar-refractivity contribution in [3.05, 3.63) is 69.7 Å². The van der Waals surface area contributed by atoms with Crippen molar-refractivity contribution in [3.8, 4) is 0 Å². The standard InChI is InChI=1S/C17H14BrF2NO3/c18-11-6-4-10(5-7-11)8-15(17(23)24)21-16(22)9-12-13(19)2-1-3-14(12)20/h1-7,15H,8-9H2,(H,21,22)(H,23,24)/t15-/m1/s1. The predicted octanol–water partition coefficient (Wildman–Crippen LogP) is 3.08. The number of aliphatic carboxylic acids is 1. The van der Waals surface area contributed by atoms with Gasteiger partial charge in [0.15, 0.2) is 0 Å². The summed E-state index contributed by atoms with van der Waals surface area (Å²) in [6.45, 7) is 0. The maximum absolute atomic E-state index is 13.6. The van der Waals surface area contributed by atoms with E-state index in [1.54, 1.807) is 24.3 Å². The highest BCUT2D eigenvalue weighted by Gasteiger charge is 2.22. The summed E-state index contributed by atoms with van der Waals surface area (Å²) in [5.74, 6) is -3.67. The molecule has 1 amide bonds. The Morgan fingerprint density at radius 3 is 2.21 bits per heavy atom. The molecule has 4 nitrogen and oxygen atoms in total. The molecule has 0 aromatic heterocycles. The first-order valence-electron chi connectivity index (χ1n) is 7.06. The Morgan fingerprint density at radius 2 is 1.67 bits per heavy atom. The van der Waals surface area contributed by atoms with E-state index < -0.39 is 36.0 Å². The molecular weight excluding hydrogens is 384 g/mol. The first-order valence-corrected chi connectivity index (χ1v) is 7.85. The third kappa shape index (κ3) is 4.86. The van der Waals surface area contributed by atoms with Gasteiger partial charge >= 0.3 is 5.97 Å². The highest BCUT2D eigenvalue weighted by molar-refractivity contribution is 9.10. The molecule has 2 N–H and O–H groups in total. The zero-order valence-corrected chi connectivity index (χ0v) is 14.0. The highest BCUT2D eigenvalue weighted by Crippen LogP contribution is 2.14. The number of halogens is 3. The number of hydrogen-bond donors (Lipinski definition) is 2. The van der Waals surface area contributed by atoms with E-state index in [1.165, 1.54) is 6.07 Å². The molecule has 0 unspecified atom stereocenters. The lowest BCUT2D eigenvalue weighted by atomic mass is 10.1. The number of carboxylic acid groups (broad SMARTS) is 1. The van der Waals surface area contributed by atoms with Gasteiger partial charge < -0.3 is 10.4 Å². The molecule has 2 aromatic rings. The van der Waals surface area contributed by atoms with E-state index in [9.17, 15) is 23.5 Å². The number of amides is 1. The van der Waals surface area contributed by atoms with Gasteiger partial charge in [-0.15, -0.1) is 0 Å². The third-order valence-corrected chi connectivity index (χ3v) is 3.91. The van der Waals surface area contributed by atoms with Crippen LogP contribution in [0, 0.1) is 11.6 Å². The second-order valence-electron chi connectivity index (χ2n) is 5.17. The Labute approximate surface area is 145 Å². The van der Waals surface area contributed by atoms with E-state index in [0.29, 0.717) is 5.56 Å². The summed E-state index contributed by atoms with van der Waals surface area (Å²) in [6, 6.07) is 9.05. The molecule has 24 heavy (non-hydrogen) atoms. The van der Waals surface area contributed by atoms with Gasteiger partial charge in [0.2, 0.25) is 5.91 Å². The van der Waals surface area contributed by atoms with Gasteiger partial charge in [0.1, 0.15) is 17.7 Å². The van der Waals surface area contributed by atoms with Gasteiger partial charge in [-0.3, -0.25) is 4.79 Å². The summed E-state index contributed by atoms with van der Waals surface area (Å²) in [4.78, 5) is 23.3. The third-order valence-electron chi connectivity index (χ3n) is 3.39. The number of carboxylic acids is 1. The van der Waals surface area contributed by atoms with Crippen LogP contribution in [0.25, 0.3) is 0 Å². The summed E-state index contributed by atoms with van der Waals surface area (Å²) in [5.41, 5.74) is 0.325. The van der Waals surface area contributed by atoms with E-state index in [4.69, 9.17) is 0 Å². The molecule has 2 rings (SSSR count). The van der Waals surface area contributed by atoms with E-state index in [2.05, 4.69) is 21.2 Å². The lowest BCUT2D eigenvalue weighted by Crippen LogP contribution is -2.43. The molecule has 0 saturated carbocycles. The molecular formula is C17H14BrF2NO3. The van der Waals surface area contributed by atoms with E-state index in [1.807, 2.05) is 0 Å². The molecule has 2 aromatic carbocycles. The van der Waals surface area contributed by atoms with Gasteiger partial charge in [-0.25, -0.2) is 13.6 Å². The van der Waals surface area contributed by atoms with Crippen molar-refractivity contribution in [2.75, 3.05) is 0 Å². The fourth-order valence-electron chi connectivity index (χ4n) is 2.16. The van der Waals surface area contributed by atoms with Crippen molar-refractivity contribution >= 4 is 27.8 Å².